The van der Waals surface area contributed by atoms with Crippen LogP contribution in [-0.2, 0) is 11.2 Å². The molecule has 1 fully saturated rings. The molecule has 128 valence electrons. The lowest BCUT2D eigenvalue weighted by atomic mass is 9.85. The number of ether oxygens (including phenoxy) is 1. The Morgan fingerprint density at radius 1 is 1.30 bits per heavy atom. The highest BCUT2D eigenvalue weighted by Crippen LogP contribution is 2.27. The molecule has 2 N–H and O–H groups in total. The number of carbonyl (C=O) groups excluding carboxylic acids is 1. The summed E-state index contributed by atoms with van der Waals surface area (Å²) in [5.74, 6) is 1.12. The molecule has 2 rings (SSSR count). The first kappa shape index (κ1) is 17.8. The molecule has 1 aliphatic rings. The molecular formula is C19H29NO3. The number of carbonyl (C=O) groups is 1. The van der Waals surface area contributed by atoms with Crippen molar-refractivity contribution in [3.63, 3.8) is 0 Å². The van der Waals surface area contributed by atoms with Gasteiger partial charge in [0.05, 0.1) is 12.7 Å². The van der Waals surface area contributed by atoms with E-state index in [1.165, 1.54) is 6.42 Å². The predicted octanol–water partition coefficient (Wildman–Crippen LogP) is 3.08. The van der Waals surface area contributed by atoms with Crippen molar-refractivity contribution in [2.24, 2.45) is 5.92 Å². The summed E-state index contributed by atoms with van der Waals surface area (Å²) in [5.41, 5.74) is 0.431. The number of hydrogen-bond donors (Lipinski definition) is 2. The minimum absolute atomic E-state index is 0.0198. The van der Waals surface area contributed by atoms with E-state index in [1.54, 1.807) is 7.11 Å². The van der Waals surface area contributed by atoms with Gasteiger partial charge in [-0.05, 0) is 36.8 Å². The van der Waals surface area contributed by atoms with Gasteiger partial charge < -0.3 is 15.2 Å². The Kier molecular flexibility index (Phi) is 6.46. The van der Waals surface area contributed by atoms with Crippen molar-refractivity contribution in [2.45, 2.75) is 57.5 Å². The minimum atomic E-state index is -0.695. The maximum Gasteiger partial charge on any atom is 0.220 e. The molecular weight excluding hydrogens is 290 g/mol. The van der Waals surface area contributed by atoms with E-state index in [0.717, 1.165) is 43.4 Å². The standard InChI is InChI=1S/C19H29NO3/c1-15(12-16-8-4-5-9-17(16)23-2)13-18(21)20-14-19(22)10-6-3-7-11-19/h4-5,8-9,15,22H,3,6-7,10-14H2,1-2H3,(H,20,21). The summed E-state index contributed by atoms with van der Waals surface area (Å²) in [6, 6.07) is 7.92. The largest absolute Gasteiger partial charge is 0.496 e. The van der Waals surface area contributed by atoms with Crippen LogP contribution in [0.2, 0.25) is 0 Å². The Hall–Kier alpha value is -1.55. The fraction of sp³-hybridized carbons (Fsp3) is 0.632. The van der Waals surface area contributed by atoms with E-state index >= 15 is 0 Å². The highest BCUT2D eigenvalue weighted by Gasteiger charge is 2.29. The summed E-state index contributed by atoms with van der Waals surface area (Å²) in [4.78, 5) is 12.1. The van der Waals surface area contributed by atoms with Crippen LogP contribution in [0.15, 0.2) is 24.3 Å². The number of nitrogens with one attached hydrogen (secondary N) is 1. The number of benzene rings is 1. The molecule has 0 saturated heterocycles. The third kappa shape index (κ3) is 5.54. The molecule has 1 aromatic rings. The number of amides is 1. The van der Waals surface area contributed by atoms with E-state index in [1.807, 2.05) is 24.3 Å². The van der Waals surface area contributed by atoms with E-state index < -0.39 is 5.60 Å². The van der Waals surface area contributed by atoms with Crippen LogP contribution in [0.1, 0.15) is 51.0 Å². The molecule has 1 aliphatic carbocycles. The Morgan fingerprint density at radius 2 is 2.00 bits per heavy atom. The Morgan fingerprint density at radius 3 is 2.70 bits per heavy atom. The quantitative estimate of drug-likeness (QED) is 0.812. The molecule has 1 aromatic carbocycles. The zero-order valence-electron chi connectivity index (χ0n) is 14.3. The second-order valence-corrected chi connectivity index (χ2v) is 6.89. The molecule has 1 amide bonds. The fourth-order valence-corrected chi connectivity index (χ4v) is 3.36. The molecule has 1 unspecified atom stereocenters. The molecule has 0 heterocycles. The number of para-hydroxylation sites is 1. The Bertz CT molecular complexity index is 509. The van der Waals surface area contributed by atoms with Crippen LogP contribution < -0.4 is 10.1 Å². The van der Waals surface area contributed by atoms with Crippen LogP contribution in [0.3, 0.4) is 0 Å². The highest BCUT2D eigenvalue weighted by molar-refractivity contribution is 5.76. The number of hydrogen-bond acceptors (Lipinski definition) is 3. The van der Waals surface area contributed by atoms with Crippen molar-refractivity contribution >= 4 is 5.91 Å². The summed E-state index contributed by atoms with van der Waals surface area (Å²) >= 11 is 0. The van der Waals surface area contributed by atoms with Crippen LogP contribution in [-0.4, -0.2) is 30.3 Å². The molecule has 0 aromatic heterocycles. The fourth-order valence-electron chi connectivity index (χ4n) is 3.36. The monoisotopic (exact) mass is 319 g/mol. The van der Waals surface area contributed by atoms with Gasteiger partial charge in [-0.25, -0.2) is 0 Å². The van der Waals surface area contributed by atoms with E-state index in [4.69, 9.17) is 4.74 Å². The van der Waals surface area contributed by atoms with Crippen LogP contribution in [0, 0.1) is 5.92 Å². The molecule has 0 radical (unpaired) electrons. The minimum Gasteiger partial charge on any atom is -0.496 e. The summed E-state index contributed by atoms with van der Waals surface area (Å²) in [6.07, 6.45) is 6.16. The Balaban J connectivity index is 1.78. The average molecular weight is 319 g/mol. The van der Waals surface area contributed by atoms with E-state index in [0.29, 0.717) is 13.0 Å². The van der Waals surface area contributed by atoms with Gasteiger partial charge in [-0.2, -0.15) is 0 Å². The summed E-state index contributed by atoms with van der Waals surface area (Å²) < 4.78 is 5.36. The van der Waals surface area contributed by atoms with Crippen LogP contribution in [0.5, 0.6) is 5.75 Å². The molecule has 23 heavy (non-hydrogen) atoms. The average Bonchev–Trinajstić information content (AvgIpc) is 2.54. The van der Waals surface area contributed by atoms with Crippen molar-refractivity contribution in [3.05, 3.63) is 29.8 Å². The SMILES string of the molecule is COc1ccccc1CC(C)CC(=O)NCC1(O)CCCCC1. The van der Waals surface area contributed by atoms with Crippen molar-refractivity contribution in [1.82, 2.24) is 5.32 Å². The molecule has 0 bridgehead atoms. The Labute approximate surface area is 139 Å². The topological polar surface area (TPSA) is 58.6 Å². The highest BCUT2D eigenvalue weighted by atomic mass is 16.5. The third-order valence-electron chi connectivity index (χ3n) is 4.69. The summed E-state index contributed by atoms with van der Waals surface area (Å²) in [6.45, 7) is 2.45. The molecule has 0 aliphatic heterocycles. The second-order valence-electron chi connectivity index (χ2n) is 6.89. The molecule has 1 atom stereocenters. The molecule has 0 spiro atoms. The van der Waals surface area contributed by atoms with Gasteiger partial charge in [-0.1, -0.05) is 44.4 Å². The normalized spacial score (nSPS) is 18.2. The van der Waals surface area contributed by atoms with Gasteiger partial charge in [-0.15, -0.1) is 0 Å². The summed E-state index contributed by atoms with van der Waals surface area (Å²) in [5, 5.41) is 13.3. The van der Waals surface area contributed by atoms with Crippen molar-refractivity contribution in [1.29, 1.82) is 0 Å². The van der Waals surface area contributed by atoms with Gasteiger partial charge in [0, 0.05) is 13.0 Å². The first-order valence-corrected chi connectivity index (χ1v) is 8.63. The smallest absolute Gasteiger partial charge is 0.220 e. The van der Waals surface area contributed by atoms with Crippen molar-refractivity contribution in [3.8, 4) is 5.75 Å². The van der Waals surface area contributed by atoms with E-state index in [-0.39, 0.29) is 11.8 Å². The molecule has 4 heteroatoms. The zero-order chi connectivity index (χ0) is 16.7. The predicted molar refractivity (Wildman–Crippen MR) is 91.5 cm³/mol. The van der Waals surface area contributed by atoms with Crippen LogP contribution in [0.4, 0.5) is 0 Å². The third-order valence-corrected chi connectivity index (χ3v) is 4.69. The number of methoxy groups -OCH3 is 1. The van der Waals surface area contributed by atoms with E-state index in [2.05, 4.69) is 12.2 Å². The molecule has 1 saturated carbocycles. The number of rotatable bonds is 7. The van der Waals surface area contributed by atoms with Crippen molar-refractivity contribution < 1.29 is 14.6 Å². The second kappa shape index (κ2) is 8.34. The van der Waals surface area contributed by atoms with Crippen LogP contribution in [0.25, 0.3) is 0 Å². The lowest BCUT2D eigenvalue weighted by molar-refractivity contribution is -0.123. The summed E-state index contributed by atoms with van der Waals surface area (Å²) in [7, 11) is 1.67. The molecule has 4 nitrogen and oxygen atoms in total. The van der Waals surface area contributed by atoms with Gasteiger partial charge >= 0.3 is 0 Å². The number of aliphatic hydroxyl groups is 1. The van der Waals surface area contributed by atoms with Crippen LogP contribution >= 0.6 is 0 Å². The first-order valence-electron chi connectivity index (χ1n) is 8.63. The lowest BCUT2D eigenvalue weighted by Gasteiger charge is -2.32. The van der Waals surface area contributed by atoms with Gasteiger partial charge in [-0.3, -0.25) is 4.79 Å². The first-order chi connectivity index (χ1) is 11.0. The lowest BCUT2D eigenvalue weighted by Crippen LogP contribution is -2.44. The van der Waals surface area contributed by atoms with Gasteiger partial charge in [0.25, 0.3) is 0 Å². The van der Waals surface area contributed by atoms with E-state index in [9.17, 15) is 9.90 Å². The van der Waals surface area contributed by atoms with Gasteiger partial charge in [0.2, 0.25) is 5.91 Å². The van der Waals surface area contributed by atoms with Crippen molar-refractivity contribution in [2.75, 3.05) is 13.7 Å². The maximum atomic E-state index is 12.1. The van der Waals surface area contributed by atoms with Gasteiger partial charge in [0.15, 0.2) is 0 Å². The zero-order valence-corrected chi connectivity index (χ0v) is 14.3. The maximum absolute atomic E-state index is 12.1. The van der Waals surface area contributed by atoms with Gasteiger partial charge in [0.1, 0.15) is 5.75 Å².